The zero-order valence-electron chi connectivity index (χ0n) is 13.1. The summed E-state index contributed by atoms with van der Waals surface area (Å²) < 4.78 is 0. The Morgan fingerprint density at radius 2 is 2.19 bits per heavy atom. The standard InChI is InChI=1S/C17H26N2O2/c1-12(20)13-6-4-7-14(10-13)18-16(21)19-15-8-5-9-17(2,3)11-15/h4,6-7,10,12,15,20H,5,8-9,11H2,1-3H3,(H2,18,19,21). The van der Waals surface area contributed by atoms with E-state index in [1.54, 1.807) is 13.0 Å². The van der Waals surface area contributed by atoms with E-state index in [1.807, 2.05) is 18.2 Å². The highest BCUT2D eigenvalue weighted by Crippen LogP contribution is 2.35. The second-order valence-electron chi connectivity index (χ2n) is 6.86. The van der Waals surface area contributed by atoms with Crippen LogP contribution in [-0.4, -0.2) is 17.2 Å². The van der Waals surface area contributed by atoms with Gasteiger partial charge in [0.1, 0.15) is 0 Å². The molecule has 3 N–H and O–H groups in total. The lowest BCUT2D eigenvalue weighted by Crippen LogP contribution is -2.42. The smallest absolute Gasteiger partial charge is 0.319 e. The van der Waals surface area contributed by atoms with Crippen molar-refractivity contribution in [2.75, 3.05) is 5.32 Å². The van der Waals surface area contributed by atoms with Gasteiger partial charge in [-0.25, -0.2) is 4.79 Å². The molecule has 2 atom stereocenters. The van der Waals surface area contributed by atoms with Crippen molar-refractivity contribution in [1.82, 2.24) is 5.32 Å². The van der Waals surface area contributed by atoms with Gasteiger partial charge < -0.3 is 15.7 Å². The number of hydrogen-bond acceptors (Lipinski definition) is 2. The van der Waals surface area contributed by atoms with Gasteiger partial charge in [0, 0.05) is 11.7 Å². The predicted octanol–water partition coefficient (Wildman–Crippen LogP) is 3.83. The molecule has 4 heteroatoms. The molecule has 2 rings (SSSR count). The number of carbonyl (C=O) groups excluding carboxylic acids is 1. The van der Waals surface area contributed by atoms with Gasteiger partial charge in [-0.05, 0) is 49.3 Å². The van der Waals surface area contributed by atoms with Crippen LogP contribution in [0.5, 0.6) is 0 Å². The Bertz CT molecular complexity index is 497. The van der Waals surface area contributed by atoms with Gasteiger partial charge in [0.15, 0.2) is 0 Å². The summed E-state index contributed by atoms with van der Waals surface area (Å²) >= 11 is 0. The number of aliphatic hydroxyl groups is 1. The maximum Gasteiger partial charge on any atom is 0.319 e. The first-order valence-corrected chi connectivity index (χ1v) is 7.71. The minimum absolute atomic E-state index is 0.166. The predicted molar refractivity (Wildman–Crippen MR) is 85.3 cm³/mol. The summed E-state index contributed by atoms with van der Waals surface area (Å²) in [4.78, 5) is 12.1. The van der Waals surface area contributed by atoms with Gasteiger partial charge in [-0.15, -0.1) is 0 Å². The SMILES string of the molecule is CC(O)c1cccc(NC(=O)NC2CCCC(C)(C)C2)c1. The highest BCUT2D eigenvalue weighted by atomic mass is 16.3. The lowest BCUT2D eigenvalue weighted by Gasteiger charge is -2.35. The number of anilines is 1. The number of nitrogens with one attached hydrogen (secondary N) is 2. The third-order valence-electron chi connectivity index (χ3n) is 4.17. The Kier molecular flexibility index (Phi) is 4.88. The van der Waals surface area contributed by atoms with Crippen LogP contribution in [0.15, 0.2) is 24.3 Å². The van der Waals surface area contributed by atoms with E-state index in [9.17, 15) is 9.90 Å². The van der Waals surface area contributed by atoms with E-state index in [-0.39, 0.29) is 12.1 Å². The molecule has 1 fully saturated rings. The van der Waals surface area contributed by atoms with E-state index in [2.05, 4.69) is 24.5 Å². The molecule has 1 saturated carbocycles. The fourth-order valence-electron chi connectivity index (χ4n) is 3.05. The second kappa shape index (κ2) is 6.48. The van der Waals surface area contributed by atoms with Crippen LogP contribution in [0.3, 0.4) is 0 Å². The van der Waals surface area contributed by atoms with Gasteiger partial charge in [-0.2, -0.15) is 0 Å². The molecule has 0 radical (unpaired) electrons. The summed E-state index contributed by atoms with van der Waals surface area (Å²) in [6.07, 6.45) is 3.92. The maximum absolute atomic E-state index is 12.1. The normalized spacial score (nSPS) is 22.4. The van der Waals surface area contributed by atoms with Crippen LogP contribution < -0.4 is 10.6 Å². The molecule has 2 amide bonds. The molecule has 2 unspecified atom stereocenters. The van der Waals surface area contributed by atoms with E-state index in [1.165, 1.54) is 6.42 Å². The molecule has 4 nitrogen and oxygen atoms in total. The maximum atomic E-state index is 12.1. The number of amides is 2. The van der Waals surface area contributed by atoms with Crippen LogP contribution in [-0.2, 0) is 0 Å². The number of aliphatic hydroxyl groups excluding tert-OH is 1. The number of hydrogen-bond donors (Lipinski definition) is 3. The molecule has 1 aliphatic rings. The molecule has 0 aromatic heterocycles. The van der Waals surface area contributed by atoms with Crippen molar-refractivity contribution < 1.29 is 9.90 Å². The fraction of sp³-hybridized carbons (Fsp3) is 0.588. The van der Waals surface area contributed by atoms with Crippen LogP contribution in [0.4, 0.5) is 10.5 Å². The van der Waals surface area contributed by atoms with Crippen molar-refractivity contribution >= 4 is 11.7 Å². The number of benzene rings is 1. The van der Waals surface area contributed by atoms with Gasteiger partial charge in [-0.1, -0.05) is 32.4 Å². The highest BCUT2D eigenvalue weighted by molar-refractivity contribution is 5.89. The Morgan fingerprint density at radius 3 is 2.86 bits per heavy atom. The van der Waals surface area contributed by atoms with Gasteiger partial charge in [0.05, 0.1) is 6.10 Å². The molecule has 1 aromatic carbocycles. The summed E-state index contributed by atoms with van der Waals surface area (Å²) in [5.74, 6) is 0. The lowest BCUT2D eigenvalue weighted by molar-refractivity contribution is 0.196. The summed E-state index contributed by atoms with van der Waals surface area (Å²) in [7, 11) is 0. The van der Waals surface area contributed by atoms with Crippen LogP contribution in [0.25, 0.3) is 0 Å². The topological polar surface area (TPSA) is 61.4 Å². The van der Waals surface area contributed by atoms with E-state index in [0.717, 1.165) is 24.8 Å². The van der Waals surface area contributed by atoms with Crippen LogP contribution >= 0.6 is 0 Å². The first-order chi connectivity index (χ1) is 9.85. The number of urea groups is 1. The van der Waals surface area contributed by atoms with Gasteiger partial charge in [-0.3, -0.25) is 0 Å². The number of rotatable bonds is 3. The third kappa shape index (κ3) is 4.74. The summed E-state index contributed by atoms with van der Waals surface area (Å²) in [5, 5.41) is 15.5. The molecular formula is C17H26N2O2. The average Bonchev–Trinajstić information content (AvgIpc) is 2.37. The van der Waals surface area contributed by atoms with Gasteiger partial charge in [0.25, 0.3) is 0 Å². The van der Waals surface area contributed by atoms with Gasteiger partial charge in [0.2, 0.25) is 0 Å². The average molecular weight is 290 g/mol. The highest BCUT2D eigenvalue weighted by Gasteiger charge is 2.28. The van der Waals surface area contributed by atoms with Crippen molar-refractivity contribution in [2.24, 2.45) is 5.41 Å². The van der Waals surface area contributed by atoms with Crippen molar-refractivity contribution in [3.8, 4) is 0 Å². The molecule has 1 aromatic rings. The molecule has 21 heavy (non-hydrogen) atoms. The molecular weight excluding hydrogens is 264 g/mol. The van der Waals surface area contributed by atoms with Crippen LogP contribution in [0.2, 0.25) is 0 Å². The minimum Gasteiger partial charge on any atom is -0.389 e. The molecule has 1 aliphatic carbocycles. The zero-order chi connectivity index (χ0) is 15.5. The Balaban J connectivity index is 1.91. The molecule has 0 bridgehead atoms. The second-order valence-corrected chi connectivity index (χ2v) is 6.86. The molecule has 0 saturated heterocycles. The molecule has 0 heterocycles. The van der Waals surface area contributed by atoms with E-state index in [4.69, 9.17) is 0 Å². The quantitative estimate of drug-likeness (QED) is 0.792. The van der Waals surface area contributed by atoms with Crippen molar-refractivity contribution in [1.29, 1.82) is 0 Å². The van der Waals surface area contributed by atoms with Crippen molar-refractivity contribution in [3.63, 3.8) is 0 Å². The first kappa shape index (κ1) is 15.8. The van der Waals surface area contributed by atoms with Crippen molar-refractivity contribution in [2.45, 2.75) is 58.6 Å². The van der Waals surface area contributed by atoms with E-state index >= 15 is 0 Å². The lowest BCUT2D eigenvalue weighted by atomic mass is 9.75. The first-order valence-electron chi connectivity index (χ1n) is 7.71. The third-order valence-corrected chi connectivity index (χ3v) is 4.17. The Morgan fingerprint density at radius 1 is 1.43 bits per heavy atom. The molecule has 116 valence electrons. The molecule has 0 spiro atoms. The summed E-state index contributed by atoms with van der Waals surface area (Å²) in [6.45, 7) is 6.22. The number of carbonyl (C=O) groups is 1. The minimum atomic E-state index is -0.533. The summed E-state index contributed by atoms with van der Waals surface area (Å²) in [6, 6.07) is 7.39. The Hall–Kier alpha value is -1.55. The van der Waals surface area contributed by atoms with E-state index in [0.29, 0.717) is 11.1 Å². The molecule has 0 aliphatic heterocycles. The van der Waals surface area contributed by atoms with E-state index < -0.39 is 6.10 Å². The zero-order valence-corrected chi connectivity index (χ0v) is 13.1. The van der Waals surface area contributed by atoms with Crippen molar-refractivity contribution in [3.05, 3.63) is 29.8 Å². The fourth-order valence-corrected chi connectivity index (χ4v) is 3.05. The van der Waals surface area contributed by atoms with Crippen LogP contribution in [0.1, 0.15) is 58.1 Å². The summed E-state index contributed by atoms with van der Waals surface area (Å²) in [5.41, 5.74) is 1.81. The largest absolute Gasteiger partial charge is 0.389 e. The van der Waals surface area contributed by atoms with Gasteiger partial charge >= 0.3 is 6.03 Å². The Labute approximate surface area is 126 Å². The van der Waals surface area contributed by atoms with Crippen LogP contribution in [0, 0.1) is 5.41 Å². The monoisotopic (exact) mass is 290 g/mol.